The van der Waals surface area contributed by atoms with Crippen LogP contribution in [-0.4, -0.2) is 55.1 Å². The van der Waals surface area contributed by atoms with Gasteiger partial charge in [0.2, 0.25) is 0 Å². The maximum atomic E-state index is 5.51. The van der Waals surface area contributed by atoms with E-state index in [0.29, 0.717) is 0 Å². The highest BCUT2D eigenvalue weighted by atomic mass is 15.3. The highest BCUT2D eigenvalue weighted by Crippen LogP contribution is 2.24. The molecular formula is C16H33N3. The molecule has 0 atom stereocenters. The first-order valence-corrected chi connectivity index (χ1v) is 8.56. The first-order valence-electron chi connectivity index (χ1n) is 8.56. The Balaban J connectivity index is 1.49. The minimum absolute atomic E-state index is 0.864. The number of unbranched alkanes of at least 4 members (excludes halogenated alkanes) is 4. The molecule has 2 rings (SSSR count). The number of piperazine rings is 1. The summed E-state index contributed by atoms with van der Waals surface area (Å²) in [5.41, 5.74) is 5.51. The summed E-state index contributed by atoms with van der Waals surface area (Å²) in [6.45, 7) is 7.43. The Morgan fingerprint density at radius 3 is 2.11 bits per heavy atom. The van der Waals surface area contributed by atoms with Crippen LogP contribution in [0, 0.1) is 0 Å². The third-order valence-electron chi connectivity index (χ3n) is 4.93. The van der Waals surface area contributed by atoms with Gasteiger partial charge in [-0.3, -0.25) is 4.90 Å². The summed E-state index contributed by atoms with van der Waals surface area (Å²) < 4.78 is 0. The van der Waals surface area contributed by atoms with Gasteiger partial charge < -0.3 is 10.6 Å². The first kappa shape index (κ1) is 15.3. The van der Waals surface area contributed by atoms with Crippen molar-refractivity contribution in [3.8, 4) is 0 Å². The van der Waals surface area contributed by atoms with E-state index >= 15 is 0 Å². The van der Waals surface area contributed by atoms with Crippen LogP contribution in [0.2, 0.25) is 0 Å². The Morgan fingerprint density at radius 2 is 1.42 bits per heavy atom. The fraction of sp³-hybridized carbons (Fsp3) is 1.00. The minimum Gasteiger partial charge on any atom is -0.330 e. The van der Waals surface area contributed by atoms with Gasteiger partial charge in [-0.05, 0) is 38.8 Å². The number of rotatable bonds is 8. The molecule has 0 radical (unpaired) electrons. The molecule has 2 fully saturated rings. The van der Waals surface area contributed by atoms with Crippen LogP contribution in [0.25, 0.3) is 0 Å². The van der Waals surface area contributed by atoms with Crippen molar-refractivity contribution in [2.24, 2.45) is 5.73 Å². The van der Waals surface area contributed by atoms with E-state index in [2.05, 4.69) is 9.80 Å². The molecule has 0 aromatic carbocycles. The second kappa shape index (κ2) is 8.93. The van der Waals surface area contributed by atoms with Crippen LogP contribution in [0.4, 0.5) is 0 Å². The summed E-state index contributed by atoms with van der Waals surface area (Å²) in [4.78, 5) is 5.43. The lowest BCUT2D eigenvalue weighted by Gasteiger charge is -2.38. The number of hydrogen-bond acceptors (Lipinski definition) is 3. The molecule has 1 aliphatic heterocycles. The maximum absolute atomic E-state index is 5.51. The molecule has 0 spiro atoms. The smallest absolute Gasteiger partial charge is 0.0113 e. The molecule has 0 bridgehead atoms. The van der Waals surface area contributed by atoms with Crippen molar-refractivity contribution < 1.29 is 0 Å². The summed E-state index contributed by atoms with van der Waals surface area (Å²) in [6.07, 6.45) is 12.5. The van der Waals surface area contributed by atoms with E-state index in [1.807, 2.05) is 0 Å². The Kier molecular flexibility index (Phi) is 7.18. The average molecular weight is 267 g/mol. The minimum atomic E-state index is 0.864. The largest absolute Gasteiger partial charge is 0.330 e. The number of nitrogens with zero attached hydrogens (tertiary/aromatic N) is 2. The zero-order valence-electron chi connectivity index (χ0n) is 12.7. The molecule has 1 heterocycles. The summed E-state index contributed by atoms with van der Waals surface area (Å²) in [7, 11) is 0. The van der Waals surface area contributed by atoms with Crippen LogP contribution in [0.5, 0.6) is 0 Å². The van der Waals surface area contributed by atoms with Crippen molar-refractivity contribution >= 4 is 0 Å². The zero-order chi connectivity index (χ0) is 13.3. The van der Waals surface area contributed by atoms with Gasteiger partial charge in [0.25, 0.3) is 0 Å². The van der Waals surface area contributed by atoms with Gasteiger partial charge in [-0.2, -0.15) is 0 Å². The van der Waals surface area contributed by atoms with Gasteiger partial charge >= 0.3 is 0 Å². The van der Waals surface area contributed by atoms with Crippen LogP contribution >= 0.6 is 0 Å². The summed E-state index contributed by atoms with van der Waals surface area (Å²) >= 11 is 0. The SMILES string of the molecule is NCCCCCCCN1CCN(C2CCCC2)CC1. The van der Waals surface area contributed by atoms with Crippen molar-refractivity contribution in [2.45, 2.75) is 63.8 Å². The number of hydrogen-bond donors (Lipinski definition) is 1. The third-order valence-corrected chi connectivity index (χ3v) is 4.93. The van der Waals surface area contributed by atoms with Crippen molar-refractivity contribution in [3.05, 3.63) is 0 Å². The zero-order valence-corrected chi connectivity index (χ0v) is 12.7. The van der Waals surface area contributed by atoms with Gasteiger partial charge in [0, 0.05) is 32.2 Å². The molecule has 0 aromatic rings. The van der Waals surface area contributed by atoms with E-state index in [-0.39, 0.29) is 0 Å². The molecule has 3 heteroatoms. The van der Waals surface area contributed by atoms with Gasteiger partial charge in [0.1, 0.15) is 0 Å². The van der Waals surface area contributed by atoms with E-state index in [1.54, 1.807) is 0 Å². The molecule has 0 aromatic heterocycles. The van der Waals surface area contributed by atoms with Crippen LogP contribution in [0.3, 0.4) is 0 Å². The first-order chi connectivity index (χ1) is 9.40. The third kappa shape index (κ3) is 5.41. The maximum Gasteiger partial charge on any atom is 0.0113 e. The van der Waals surface area contributed by atoms with Gasteiger partial charge in [0.05, 0.1) is 0 Å². The molecule has 3 nitrogen and oxygen atoms in total. The van der Waals surface area contributed by atoms with E-state index in [0.717, 1.165) is 12.6 Å². The quantitative estimate of drug-likeness (QED) is 0.686. The van der Waals surface area contributed by atoms with Crippen molar-refractivity contribution in [1.29, 1.82) is 0 Å². The molecule has 1 saturated heterocycles. The highest BCUT2D eigenvalue weighted by molar-refractivity contribution is 4.81. The fourth-order valence-electron chi connectivity index (χ4n) is 3.63. The van der Waals surface area contributed by atoms with E-state index in [1.165, 1.54) is 90.5 Å². The Hall–Kier alpha value is -0.120. The lowest BCUT2D eigenvalue weighted by atomic mass is 10.1. The van der Waals surface area contributed by atoms with Crippen molar-refractivity contribution in [2.75, 3.05) is 39.3 Å². The monoisotopic (exact) mass is 267 g/mol. The highest BCUT2D eigenvalue weighted by Gasteiger charge is 2.25. The summed E-state index contributed by atoms with van der Waals surface area (Å²) in [5, 5.41) is 0. The summed E-state index contributed by atoms with van der Waals surface area (Å²) in [5.74, 6) is 0. The Labute approximate surface area is 119 Å². The van der Waals surface area contributed by atoms with Gasteiger partial charge in [-0.15, -0.1) is 0 Å². The van der Waals surface area contributed by atoms with Crippen LogP contribution in [0.15, 0.2) is 0 Å². The lowest BCUT2D eigenvalue weighted by Crippen LogP contribution is -2.49. The predicted octanol–water partition coefficient (Wildman–Crippen LogP) is 2.46. The second-order valence-electron chi connectivity index (χ2n) is 6.37. The average Bonchev–Trinajstić information content (AvgIpc) is 2.97. The van der Waals surface area contributed by atoms with Gasteiger partial charge in [-0.1, -0.05) is 32.1 Å². The molecule has 0 amide bonds. The normalized spacial score (nSPS) is 23.2. The number of nitrogens with two attached hydrogens (primary N) is 1. The molecule has 1 aliphatic carbocycles. The second-order valence-corrected chi connectivity index (χ2v) is 6.37. The Bertz CT molecular complexity index is 218. The van der Waals surface area contributed by atoms with Gasteiger partial charge in [0.15, 0.2) is 0 Å². The summed E-state index contributed by atoms with van der Waals surface area (Å²) in [6, 6.07) is 0.929. The fourth-order valence-corrected chi connectivity index (χ4v) is 3.63. The van der Waals surface area contributed by atoms with E-state index in [4.69, 9.17) is 5.73 Å². The van der Waals surface area contributed by atoms with E-state index < -0.39 is 0 Å². The lowest BCUT2D eigenvalue weighted by molar-refractivity contribution is 0.0967. The molecule has 0 unspecified atom stereocenters. The van der Waals surface area contributed by atoms with Crippen molar-refractivity contribution in [3.63, 3.8) is 0 Å². The molecule has 1 saturated carbocycles. The standard InChI is InChI=1S/C16H33N3/c17-10-6-2-1-3-7-11-18-12-14-19(15-13-18)16-8-4-5-9-16/h16H,1-15,17H2. The molecule has 112 valence electrons. The molecular weight excluding hydrogens is 234 g/mol. The molecule has 2 aliphatic rings. The van der Waals surface area contributed by atoms with E-state index in [9.17, 15) is 0 Å². The molecule has 2 N–H and O–H groups in total. The van der Waals surface area contributed by atoms with Gasteiger partial charge in [-0.25, -0.2) is 0 Å². The van der Waals surface area contributed by atoms with Crippen LogP contribution in [0.1, 0.15) is 57.8 Å². The van der Waals surface area contributed by atoms with Crippen LogP contribution in [-0.2, 0) is 0 Å². The molecule has 19 heavy (non-hydrogen) atoms. The van der Waals surface area contributed by atoms with Crippen LogP contribution < -0.4 is 5.73 Å². The topological polar surface area (TPSA) is 32.5 Å². The predicted molar refractivity (Wildman–Crippen MR) is 82.4 cm³/mol. The Morgan fingerprint density at radius 1 is 0.789 bits per heavy atom. The van der Waals surface area contributed by atoms with Crippen molar-refractivity contribution in [1.82, 2.24) is 9.80 Å².